The Morgan fingerprint density at radius 2 is 1.68 bits per heavy atom. The predicted octanol–water partition coefficient (Wildman–Crippen LogP) is 5.21. The fraction of sp³-hybridized carbons (Fsp3) is 0.375. The number of benzene rings is 2. The quantitative estimate of drug-likeness (QED) is 0.698. The first-order valence-electron chi connectivity index (χ1n) is 9.48. The number of nitriles is 1. The lowest BCUT2D eigenvalue weighted by Gasteiger charge is -2.26. The van der Waals surface area contributed by atoms with E-state index in [2.05, 4.69) is 43.0 Å². The Balaban J connectivity index is 0.00000190. The SMILES string of the molecule is C/C(C#N)=C(\N)c1cc(Cc2ccc(C)cc2)cc(C(C)(F)C(C)C)c1.CN. The van der Waals surface area contributed by atoms with Crippen LogP contribution in [0.3, 0.4) is 0 Å². The van der Waals surface area contributed by atoms with Crippen LogP contribution in [0.2, 0.25) is 0 Å². The molecule has 0 aromatic heterocycles. The molecule has 0 saturated carbocycles. The molecule has 0 bridgehead atoms. The summed E-state index contributed by atoms with van der Waals surface area (Å²) in [7, 11) is 1.50. The number of allylic oxidation sites excluding steroid dienone is 1. The first-order chi connectivity index (χ1) is 13.1. The molecule has 0 radical (unpaired) electrons. The van der Waals surface area contributed by atoms with Crippen LogP contribution in [0, 0.1) is 24.2 Å². The molecule has 0 saturated heterocycles. The van der Waals surface area contributed by atoms with Gasteiger partial charge in [-0.1, -0.05) is 49.7 Å². The number of rotatable bonds is 5. The van der Waals surface area contributed by atoms with E-state index >= 15 is 4.39 Å². The lowest BCUT2D eigenvalue weighted by Crippen LogP contribution is -2.23. The Morgan fingerprint density at radius 3 is 2.18 bits per heavy atom. The summed E-state index contributed by atoms with van der Waals surface area (Å²) in [6, 6.07) is 16.0. The molecule has 2 aromatic carbocycles. The number of hydrogen-bond acceptors (Lipinski definition) is 3. The van der Waals surface area contributed by atoms with Crippen molar-refractivity contribution in [2.24, 2.45) is 17.4 Å². The molecule has 1 atom stereocenters. The van der Waals surface area contributed by atoms with Crippen molar-refractivity contribution < 1.29 is 4.39 Å². The van der Waals surface area contributed by atoms with Crippen LogP contribution >= 0.6 is 0 Å². The third-order valence-electron chi connectivity index (χ3n) is 5.05. The van der Waals surface area contributed by atoms with Crippen molar-refractivity contribution >= 4 is 5.70 Å². The van der Waals surface area contributed by atoms with Gasteiger partial charge in [-0.2, -0.15) is 5.26 Å². The molecule has 0 heterocycles. The van der Waals surface area contributed by atoms with Crippen molar-refractivity contribution in [2.45, 2.75) is 46.7 Å². The summed E-state index contributed by atoms with van der Waals surface area (Å²) < 4.78 is 15.3. The van der Waals surface area contributed by atoms with Gasteiger partial charge in [0.15, 0.2) is 0 Å². The first kappa shape index (κ1) is 23.4. The minimum Gasteiger partial charge on any atom is -0.397 e. The van der Waals surface area contributed by atoms with Gasteiger partial charge < -0.3 is 11.5 Å². The van der Waals surface area contributed by atoms with Gasteiger partial charge in [0.1, 0.15) is 5.67 Å². The lowest BCUT2D eigenvalue weighted by atomic mass is 9.84. The highest BCUT2D eigenvalue weighted by Crippen LogP contribution is 2.35. The average Bonchev–Trinajstić information content (AvgIpc) is 2.69. The molecule has 0 aliphatic rings. The molecule has 2 rings (SSSR count). The Morgan fingerprint density at radius 1 is 1.11 bits per heavy atom. The fourth-order valence-corrected chi connectivity index (χ4v) is 2.78. The van der Waals surface area contributed by atoms with Crippen molar-refractivity contribution in [1.29, 1.82) is 5.26 Å². The molecule has 4 N–H and O–H groups in total. The van der Waals surface area contributed by atoms with Crippen molar-refractivity contribution in [3.63, 3.8) is 0 Å². The van der Waals surface area contributed by atoms with Crippen LogP contribution in [0.1, 0.15) is 55.5 Å². The van der Waals surface area contributed by atoms with Gasteiger partial charge in [0.2, 0.25) is 0 Å². The summed E-state index contributed by atoms with van der Waals surface area (Å²) in [5, 5.41) is 9.15. The third-order valence-corrected chi connectivity index (χ3v) is 5.05. The van der Waals surface area contributed by atoms with Crippen molar-refractivity contribution in [3.05, 3.63) is 75.9 Å². The zero-order valence-corrected chi connectivity index (χ0v) is 17.8. The van der Waals surface area contributed by atoms with Crippen molar-refractivity contribution in [1.82, 2.24) is 0 Å². The van der Waals surface area contributed by atoms with E-state index in [9.17, 15) is 0 Å². The summed E-state index contributed by atoms with van der Waals surface area (Å²) in [6.07, 6.45) is 0.689. The number of alkyl halides is 1. The maximum atomic E-state index is 15.3. The molecule has 150 valence electrons. The van der Waals surface area contributed by atoms with Gasteiger partial charge >= 0.3 is 0 Å². The minimum absolute atomic E-state index is 0.174. The topological polar surface area (TPSA) is 75.8 Å². The fourth-order valence-electron chi connectivity index (χ4n) is 2.78. The molecule has 0 aliphatic heterocycles. The summed E-state index contributed by atoms with van der Waals surface area (Å²) in [5.41, 5.74) is 14.7. The zero-order chi connectivity index (χ0) is 21.5. The number of halogens is 1. The highest BCUT2D eigenvalue weighted by atomic mass is 19.1. The molecule has 3 nitrogen and oxygen atoms in total. The van der Waals surface area contributed by atoms with Gasteiger partial charge in [-0.25, -0.2) is 4.39 Å². The third kappa shape index (κ3) is 5.68. The molecule has 0 aliphatic carbocycles. The molecule has 4 heteroatoms. The van der Waals surface area contributed by atoms with E-state index in [-0.39, 0.29) is 5.92 Å². The van der Waals surface area contributed by atoms with Crippen LogP contribution < -0.4 is 11.5 Å². The van der Waals surface area contributed by atoms with Crippen LogP contribution in [0.15, 0.2) is 48.0 Å². The van der Waals surface area contributed by atoms with E-state index < -0.39 is 5.67 Å². The average molecular weight is 382 g/mol. The molecule has 2 aromatic rings. The Labute approximate surface area is 168 Å². The van der Waals surface area contributed by atoms with Gasteiger partial charge in [-0.15, -0.1) is 0 Å². The van der Waals surface area contributed by atoms with Gasteiger partial charge in [-0.05, 0) is 74.5 Å². The molecular weight excluding hydrogens is 349 g/mol. The number of aryl methyl sites for hydroxylation is 1. The smallest absolute Gasteiger partial charge is 0.135 e. The van der Waals surface area contributed by atoms with E-state index in [1.165, 1.54) is 12.6 Å². The molecule has 0 amide bonds. The van der Waals surface area contributed by atoms with Crippen molar-refractivity contribution in [2.75, 3.05) is 7.05 Å². The molecule has 28 heavy (non-hydrogen) atoms. The van der Waals surface area contributed by atoms with E-state index in [0.29, 0.717) is 28.8 Å². The summed E-state index contributed by atoms with van der Waals surface area (Å²) >= 11 is 0. The molecule has 0 fully saturated rings. The Kier molecular flexibility index (Phi) is 8.40. The summed E-state index contributed by atoms with van der Waals surface area (Å²) in [4.78, 5) is 0. The number of nitrogens with two attached hydrogens (primary N) is 2. The van der Waals surface area contributed by atoms with Gasteiger partial charge in [0.05, 0.1) is 11.8 Å². The minimum atomic E-state index is -1.47. The number of nitrogens with zero attached hydrogens (tertiary/aromatic N) is 1. The van der Waals surface area contributed by atoms with Crippen LogP contribution in [-0.4, -0.2) is 7.05 Å². The van der Waals surface area contributed by atoms with Crippen LogP contribution in [0.5, 0.6) is 0 Å². The highest BCUT2D eigenvalue weighted by Gasteiger charge is 2.30. The monoisotopic (exact) mass is 381 g/mol. The second kappa shape index (κ2) is 10.1. The first-order valence-corrected chi connectivity index (χ1v) is 9.48. The highest BCUT2D eigenvalue weighted by molar-refractivity contribution is 5.69. The van der Waals surface area contributed by atoms with Crippen LogP contribution in [0.4, 0.5) is 4.39 Å². The lowest BCUT2D eigenvalue weighted by molar-refractivity contribution is 0.123. The Bertz CT molecular complexity index is 856. The van der Waals surface area contributed by atoms with Gasteiger partial charge in [-0.3, -0.25) is 0 Å². The standard InChI is InChI=1S/C23H27FN2.CH5N/c1-15(2)23(5,24)21-12-19(10-18-8-6-16(3)7-9-18)11-20(13-21)22(26)17(4)14-25;1-2/h6-9,11-13,15H,10,26H2,1-5H3;2H2,1H3/b22-17+;. The Hall–Kier alpha value is -2.64. The normalized spacial score (nSPS) is 13.7. The van der Waals surface area contributed by atoms with E-state index in [0.717, 1.165) is 11.1 Å². The predicted molar refractivity (Wildman–Crippen MR) is 116 cm³/mol. The second-order valence-electron chi connectivity index (χ2n) is 7.46. The molecule has 0 spiro atoms. The van der Waals surface area contributed by atoms with Crippen LogP contribution in [0.25, 0.3) is 5.70 Å². The van der Waals surface area contributed by atoms with E-state index in [1.54, 1.807) is 19.9 Å². The van der Waals surface area contributed by atoms with Crippen molar-refractivity contribution in [3.8, 4) is 6.07 Å². The van der Waals surface area contributed by atoms with E-state index in [4.69, 9.17) is 11.0 Å². The summed E-state index contributed by atoms with van der Waals surface area (Å²) in [6.45, 7) is 9.07. The van der Waals surface area contributed by atoms with E-state index in [1.807, 2.05) is 26.0 Å². The zero-order valence-electron chi connectivity index (χ0n) is 17.8. The maximum Gasteiger partial charge on any atom is 0.135 e. The molecular formula is C24H32FN3. The van der Waals surface area contributed by atoms with Gasteiger partial charge in [0.25, 0.3) is 0 Å². The summed E-state index contributed by atoms with van der Waals surface area (Å²) in [5.74, 6) is -0.174. The van der Waals surface area contributed by atoms with Gasteiger partial charge in [0, 0.05) is 5.57 Å². The van der Waals surface area contributed by atoms with Crippen LogP contribution in [-0.2, 0) is 12.1 Å². The maximum absolute atomic E-state index is 15.3. The largest absolute Gasteiger partial charge is 0.397 e. The molecule has 1 unspecified atom stereocenters. The number of hydrogen-bond donors (Lipinski definition) is 2. The second-order valence-corrected chi connectivity index (χ2v) is 7.46.